The van der Waals surface area contributed by atoms with Gasteiger partial charge in [0.1, 0.15) is 10.4 Å². The van der Waals surface area contributed by atoms with Gasteiger partial charge in [-0.1, -0.05) is 15.9 Å². The first-order valence-corrected chi connectivity index (χ1v) is 6.94. The molecule has 1 heterocycles. The second kappa shape index (κ2) is 6.06. The second-order valence-corrected chi connectivity index (χ2v) is 5.48. The van der Waals surface area contributed by atoms with Crippen LogP contribution in [0.5, 0.6) is 5.75 Å². The Morgan fingerprint density at radius 3 is 2.48 bits per heavy atom. The summed E-state index contributed by atoms with van der Waals surface area (Å²) in [6.45, 7) is 0. The lowest BCUT2D eigenvalue weighted by Gasteiger charge is -2.14. The van der Waals surface area contributed by atoms with E-state index in [-0.39, 0.29) is 17.5 Å². The highest BCUT2D eigenvalue weighted by Crippen LogP contribution is 2.34. The van der Waals surface area contributed by atoms with E-state index >= 15 is 0 Å². The zero-order chi connectivity index (χ0) is 15.6. The van der Waals surface area contributed by atoms with Crippen molar-refractivity contribution in [1.29, 1.82) is 0 Å². The molecule has 0 radical (unpaired) electrons. The summed E-state index contributed by atoms with van der Waals surface area (Å²) >= 11 is 6.19. The molecule has 0 fully saturated rings. The molecule has 0 atom stereocenters. The number of hydrogen-bond acceptors (Lipinski definition) is 5. The fourth-order valence-electron chi connectivity index (χ4n) is 1.42. The van der Waals surface area contributed by atoms with E-state index in [0.29, 0.717) is 9.08 Å². The van der Waals surface area contributed by atoms with Crippen LogP contribution in [0.2, 0.25) is 0 Å². The monoisotopic (exact) mass is 426 g/mol. The predicted molar refractivity (Wildman–Crippen MR) is 78.3 cm³/mol. The molecule has 1 aromatic carbocycles. The van der Waals surface area contributed by atoms with Crippen molar-refractivity contribution < 1.29 is 17.9 Å². The number of aromatic nitrogens is 2. The summed E-state index contributed by atoms with van der Waals surface area (Å²) in [5.41, 5.74) is 5.59. The van der Waals surface area contributed by atoms with Gasteiger partial charge in [0.05, 0.1) is 5.69 Å². The quantitative estimate of drug-likeness (QED) is 0.717. The van der Waals surface area contributed by atoms with Gasteiger partial charge in [-0.15, -0.1) is 13.2 Å². The lowest BCUT2D eigenvalue weighted by atomic mass is 10.3. The van der Waals surface area contributed by atoms with Crippen molar-refractivity contribution in [2.75, 3.05) is 11.1 Å². The standard InChI is InChI=1S/C11H7Br2F3N4O/c12-5-1-2-6(7(3-5)21-11(14,15)16)18-10-19-8(13)4-9(17)20-10/h1-4H,(H3,17,18,19,20). The van der Waals surface area contributed by atoms with E-state index in [4.69, 9.17) is 5.73 Å². The zero-order valence-corrected chi connectivity index (χ0v) is 13.3. The molecule has 21 heavy (non-hydrogen) atoms. The third kappa shape index (κ3) is 4.74. The molecule has 0 aliphatic heterocycles. The Morgan fingerprint density at radius 1 is 1.14 bits per heavy atom. The first-order valence-electron chi connectivity index (χ1n) is 5.35. The predicted octanol–water partition coefficient (Wildman–Crippen LogP) is 4.23. The zero-order valence-electron chi connectivity index (χ0n) is 10.1. The van der Waals surface area contributed by atoms with Gasteiger partial charge in [-0.25, -0.2) is 4.98 Å². The van der Waals surface area contributed by atoms with E-state index in [1.54, 1.807) is 6.07 Å². The molecule has 5 nitrogen and oxygen atoms in total. The number of nitrogen functional groups attached to an aromatic ring is 1. The normalized spacial score (nSPS) is 11.3. The number of nitrogens with one attached hydrogen (secondary N) is 1. The number of hydrogen-bond donors (Lipinski definition) is 2. The first-order chi connectivity index (χ1) is 9.73. The average molecular weight is 428 g/mol. The lowest BCUT2D eigenvalue weighted by molar-refractivity contribution is -0.274. The van der Waals surface area contributed by atoms with E-state index in [1.165, 1.54) is 18.2 Å². The summed E-state index contributed by atoms with van der Waals surface area (Å²) in [5.74, 6) is -0.218. The van der Waals surface area contributed by atoms with Crippen molar-refractivity contribution >= 4 is 49.3 Å². The summed E-state index contributed by atoms with van der Waals surface area (Å²) in [4.78, 5) is 7.82. The number of halogens is 5. The number of ether oxygens (including phenoxy) is 1. The van der Waals surface area contributed by atoms with Crippen LogP contribution in [0.1, 0.15) is 0 Å². The largest absolute Gasteiger partial charge is 0.573 e. The van der Waals surface area contributed by atoms with Gasteiger partial charge in [0, 0.05) is 10.5 Å². The first kappa shape index (κ1) is 15.8. The smallest absolute Gasteiger partial charge is 0.404 e. The third-order valence-corrected chi connectivity index (χ3v) is 3.03. The van der Waals surface area contributed by atoms with Crippen molar-refractivity contribution in [3.8, 4) is 5.75 Å². The third-order valence-electron chi connectivity index (χ3n) is 2.13. The van der Waals surface area contributed by atoms with Gasteiger partial charge in [-0.2, -0.15) is 4.98 Å². The molecule has 0 bridgehead atoms. The van der Waals surface area contributed by atoms with Gasteiger partial charge in [-0.3, -0.25) is 0 Å². The van der Waals surface area contributed by atoms with Crippen molar-refractivity contribution in [1.82, 2.24) is 9.97 Å². The summed E-state index contributed by atoms with van der Waals surface area (Å²) in [6.07, 6.45) is -4.81. The van der Waals surface area contributed by atoms with E-state index < -0.39 is 12.1 Å². The molecule has 10 heteroatoms. The fraction of sp³-hybridized carbons (Fsp3) is 0.0909. The summed E-state index contributed by atoms with van der Waals surface area (Å²) in [6, 6.07) is 5.58. The Morgan fingerprint density at radius 2 is 1.86 bits per heavy atom. The average Bonchev–Trinajstić information content (AvgIpc) is 2.29. The van der Waals surface area contributed by atoms with Crippen LogP contribution in [0.3, 0.4) is 0 Å². The maximum atomic E-state index is 12.4. The van der Waals surface area contributed by atoms with Gasteiger partial charge in [0.15, 0.2) is 5.75 Å². The van der Waals surface area contributed by atoms with Crippen LogP contribution in [0.4, 0.5) is 30.6 Å². The molecule has 2 aromatic rings. The Kier molecular flexibility index (Phi) is 4.57. The van der Waals surface area contributed by atoms with Crippen molar-refractivity contribution in [2.24, 2.45) is 0 Å². The highest BCUT2D eigenvalue weighted by atomic mass is 79.9. The summed E-state index contributed by atoms with van der Waals surface area (Å²) in [7, 11) is 0. The second-order valence-electron chi connectivity index (χ2n) is 3.75. The minimum absolute atomic E-state index is 0.0382. The van der Waals surface area contributed by atoms with Crippen LogP contribution < -0.4 is 15.8 Å². The van der Waals surface area contributed by atoms with Crippen molar-refractivity contribution in [2.45, 2.75) is 6.36 Å². The summed E-state index contributed by atoms with van der Waals surface area (Å²) < 4.78 is 42.0. The van der Waals surface area contributed by atoms with Gasteiger partial charge >= 0.3 is 6.36 Å². The Hall–Kier alpha value is -1.55. The molecule has 0 unspecified atom stereocenters. The number of anilines is 3. The Balaban J connectivity index is 2.34. The molecule has 1 aromatic heterocycles. The SMILES string of the molecule is Nc1cc(Br)nc(Nc2ccc(Br)cc2OC(F)(F)F)n1. The molecule has 0 saturated carbocycles. The van der Waals surface area contributed by atoms with E-state index in [2.05, 4.69) is 51.9 Å². The maximum Gasteiger partial charge on any atom is 0.573 e. The summed E-state index contributed by atoms with van der Waals surface area (Å²) in [5, 5.41) is 2.63. The Bertz CT molecular complexity index is 646. The van der Waals surface area contributed by atoms with Crippen LogP contribution in [0, 0.1) is 0 Å². The number of benzene rings is 1. The molecule has 0 aliphatic rings. The van der Waals surface area contributed by atoms with E-state index in [9.17, 15) is 13.2 Å². The molecular formula is C11H7Br2F3N4O. The van der Waals surface area contributed by atoms with Gasteiger partial charge in [0.2, 0.25) is 5.95 Å². The molecule has 0 spiro atoms. The maximum absolute atomic E-state index is 12.4. The van der Waals surface area contributed by atoms with Crippen molar-refractivity contribution in [3.05, 3.63) is 33.3 Å². The highest BCUT2D eigenvalue weighted by molar-refractivity contribution is 9.10. The van der Waals surface area contributed by atoms with Gasteiger partial charge in [-0.05, 0) is 34.1 Å². The lowest BCUT2D eigenvalue weighted by Crippen LogP contribution is -2.18. The molecular weight excluding hydrogens is 421 g/mol. The number of rotatable bonds is 3. The van der Waals surface area contributed by atoms with E-state index in [1.807, 2.05) is 0 Å². The number of nitrogens with zero attached hydrogens (tertiary/aromatic N) is 2. The minimum Gasteiger partial charge on any atom is -0.404 e. The molecule has 112 valence electrons. The van der Waals surface area contributed by atoms with E-state index in [0.717, 1.165) is 0 Å². The van der Waals surface area contributed by atoms with Crippen LogP contribution >= 0.6 is 31.9 Å². The van der Waals surface area contributed by atoms with Crippen LogP contribution in [-0.4, -0.2) is 16.3 Å². The molecule has 3 N–H and O–H groups in total. The molecule has 2 rings (SSSR count). The van der Waals surface area contributed by atoms with Crippen molar-refractivity contribution in [3.63, 3.8) is 0 Å². The highest BCUT2D eigenvalue weighted by Gasteiger charge is 2.32. The number of nitrogens with two attached hydrogens (primary N) is 1. The van der Waals surface area contributed by atoms with Crippen LogP contribution in [0.15, 0.2) is 33.3 Å². The molecule has 0 saturated heterocycles. The number of alkyl halides is 3. The van der Waals surface area contributed by atoms with Crippen LogP contribution in [-0.2, 0) is 0 Å². The molecule has 0 aliphatic carbocycles. The molecule has 0 amide bonds. The Labute approximate surface area is 134 Å². The van der Waals surface area contributed by atoms with Gasteiger partial charge < -0.3 is 15.8 Å². The van der Waals surface area contributed by atoms with Crippen LogP contribution in [0.25, 0.3) is 0 Å². The van der Waals surface area contributed by atoms with Gasteiger partial charge in [0.25, 0.3) is 0 Å². The topological polar surface area (TPSA) is 73.1 Å². The fourth-order valence-corrected chi connectivity index (χ4v) is 2.16. The minimum atomic E-state index is -4.81.